The maximum Gasteiger partial charge on any atom is 0.262 e. The third kappa shape index (κ3) is 2.62. The van der Waals surface area contributed by atoms with Gasteiger partial charge in [0.2, 0.25) is 0 Å². The molecule has 0 aliphatic carbocycles. The van der Waals surface area contributed by atoms with Gasteiger partial charge in [-0.2, -0.15) is 0 Å². The zero-order valence-corrected chi connectivity index (χ0v) is 14.9. The van der Waals surface area contributed by atoms with Crippen LogP contribution in [0.3, 0.4) is 0 Å². The van der Waals surface area contributed by atoms with Crippen LogP contribution < -0.4 is 10.3 Å². The van der Waals surface area contributed by atoms with Gasteiger partial charge in [0.25, 0.3) is 5.56 Å². The molecule has 4 rings (SSSR count). The summed E-state index contributed by atoms with van der Waals surface area (Å²) in [5.74, 6) is 1.27. The zero-order chi connectivity index (χ0) is 17.6. The smallest absolute Gasteiger partial charge is 0.262 e. The van der Waals surface area contributed by atoms with Crippen LogP contribution in [-0.4, -0.2) is 21.8 Å². The predicted molar refractivity (Wildman–Crippen MR) is 100 cm³/mol. The zero-order valence-electron chi connectivity index (χ0n) is 14.1. The predicted octanol–water partition coefficient (Wildman–Crippen LogP) is 3.68. The molecular weight excluding hydrogens is 336 g/mol. The van der Waals surface area contributed by atoms with Crippen LogP contribution in [0.15, 0.2) is 29.1 Å². The topological polar surface area (TPSA) is 64.4 Å². The normalized spacial score (nSPS) is 15.0. The highest BCUT2D eigenvalue weighted by Crippen LogP contribution is 2.32. The summed E-state index contributed by atoms with van der Waals surface area (Å²) < 4.78 is 6.83. The van der Waals surface area contributed by atoms with Gasteiger partial charge >= 0.3 is 0 Å². The van der Waals surface area contributed by atoms with Crippen molar-refractivity contribution in [3.8, 4) is 11.5 Å². The molecule has 3 aromatic rings. The number of aromatic hydroxyl groups is 1. The Bertz CT molecular complexity index is 1060. The molecule has 25 heavy (non-hydrogen) atoms. The number of ether oxygens (including phenoxy) is 1. The van der Waals surface area contributed by atoms with E-state index in [-0.39, 0.29) is 11.3 Å². The summed E-state index contributed by atoms with van der Waals surface area (Å²) in [6.07, 6.45) is 3.64. The fourth-order valence-corrected chi connectivity index (χ4v) is 4.13. The Morgan fingerprint density at radius 3 is 2.96 bits per heavy atom. The van der Waals surface area contributed by atoms with Crippen molar-refractivity contribution in [3.05, 3.63) is 50.9 Å². The van der Waals surface area contributed by atoms with Crippen LogP contribution in [0.5, 0.6) is 11.5 Å². The van der Waals surface area contributed by atoms with E-state index in [9.17, 15) is 9.90 Å². The number of nitrogens with zero attached hydrogens (tertiary/aromatic N) is 2. The minimum atomic E-state index is 0.0388. The number of aromatic nitrogens is 2. The molecule has 5 nitrogen and oxygen atoms in total. The highest BCUT2D eigenvalue weighted by molar-refractivity contribution is 7.18. The Labute approximate surface area is 148 Å². The van der Waals surface area contributed by atoms with E-state index in [1.807, 2.05) is 18.2 Å². The lowest BCUT2D eigenvalue weighted by molar-refractivity contribution is 0.373. The van der Waals surface area contributed by atoms with Crippen molar-refractivity contribution in [2.45, 2.75) is 26.3 Å². The number of phenolic OH excluding ortho intramolecular Hbond substituents is 1. The number of hydrogen-bond donors (Lipinski definition) is 1. The number of rotatable bonds is 3. The Morgan fingerprint density at radius 2 is 2.24 bits per heavy atom. The van der Waals surface area contributed by atoms with E-state index in [1.54, 1.807) is 28.0 Å². The van der Waals surface area contributed by atoms with Gasteiger partial charge < -0.3 is 9.84 Å². The number of fused-ring (bicyclic) bond motifs is 2. The first-order valence-electron chi connectivity index (χ1n) is 8.22. The van der Waals surface area contributed by atoms with Gasteiger partial charge in [0.05, 0.1) is 12.5 Å². The molecule has 6 heteroatoms. The van der Waals surface area contributed by atoms with Crippen LogP contribution >= 0.6 is 11.3 Å². The molecule has 3 heterocycles. The highest BCUT2D eigenvalue weighted by atomic mass is 32.1. The third-order valence-electron chi connectivity index (χ3n) is 4.49. The van der Waals surface area contributed by atoms with Crippen molar-refractivity contribution >= 4 is 33.2 Å². The molecule has 128 valence electrons. The summed E-state index contributed by atoms with van der Waals surface area (Å²) in [5.41, 5.74) is 1.91. The van der Waals surface area contributed by atoms with Gasteiger partial charge in [0, 0.05) is 11.4 Å². The summed E-state index contributed by atoms with van der Waals surface area (Å²) in [6.45, 7) is 2.72. The van der Waals surface area contributed by atoms with Gasteiger partial charge in [-0.1, -0.05) is 13.0 Å². The van der Waals surface area contributed by atoms with Crippen LogP contribution in [0, 0.1) is 0 Å². The molecular formula is C19H18N2O3S. The van der Waals surface area contributed by atoms with Gasteiger partial charge in [-0.3, -0.25) is 9.36 Å². The Morgan fingerprint density at radius 1 is 1.40 bits per heavy atom. The molecule has 0 radical (unpaired) electrons. The van der Waals surface area contributed by atoms with Crippen molar-refractivity contribution in [1.29, 1.82) is 0 Å². The first kappa shape index (κ1) is 15.9. The number of thiophene rings is 1. The standard InChI is InChI=1S/C19H18N2O3S/c1-3-13-10-14-18(25-13)20-17-12(6-7-21(17)19(14)23)8-11-4-5-16(24-2)15(22)9-11/h4-5,8-10,22H,3,6-7H2,1-2H3. The molecule has 1 aliphatic heterocycles. The minimum absolute atomic E-state index is 0.0388. The van der Waals surface area contributed by atoms with E-state index in [1.165, 1.54) is 12.0 Å². The minimum Gasteiger partial charge on any atom is -0.504 e. The molecule has 0 bridgehead atoms. The van der Waals surface area contributed by atoms with Crippen molar-refractivity contribution < 1.29 is 9.84 Å². The van der Waals surface area contributed by atoms with E-state index < -0.39 is 0 Å². The lowest BCUT2D eigenvalue weighted by Crippen LogP contribution is -2.19. The molecule has 0 fully saturated rings. The van der Waals surface area contributed by atoms with Crippen LogP contribution in [0.25, 0.3) is 21.9 Å². The average Bonchev–Trinajstić information content (AvgIpc) is 3.20. The summed E-state index contributed by atoms with van der Waals surface area (Å²) in [7, 11) is 1.52. The van der Waals surface area contributed by atoms with E-state index in [0.717, 1.165) is 34.6 Å². The van der Waals surface area contributed by atoms with Crippen molar-refractivity contribution in [1.82, 2.24) is 9.55 Å². The summed E-state index contributed by atoms with van der Waals surface area (Å²) in [4.78, 5) is 19.5. The molecule has 1 aliphatic rings. The molecule has 1 aromatic carbocycles. The van der Waals surface area contributed by atoms with E-state index >= 15 is 0 Å². The first-order chi connectivity index (χ1) is 12.1. The average molecular weight is 354 g/mol. The summed E-state index contributed by atoms with van der Waals surface area (Å²) in [5, 5.41) is 10.7. The molecule has 2 aromatic heterocycles. The number of benzene rings is 1. The number of phenols is 1. The van der Waals surface area contributed by atoms with Gasteiger partial charge in [0.15, 0.2) is 11.5 Å². The largest absolute Gasteiger partial charge is 0.504 e. The Balaban J connectivity index is 1.82. The quantitative estimate of drug-likeness (QED) is 0.779. The maximum absolute atomic E-state index is 12.7. The van der Waals surface area contributed by atoms with Crippen molar-refractivity contribution in [3.63, 3.8) is 0 Å². The van der Waals surface area contributed by atoms with Crippen LogP contribution in [0.2, 0.25) is 0 Å². The molecule has 0 amide bonds. The Hall–Kier alpha value is -2.60. The van der Waals surface area contributed by atoms with E-state index in [4.69, 9.17) is 9.72 Å². The van der Waals surface area contributed by atoms with Crippen LogP contribution in [0.4, 0.5) is 0 Å². The Kier molecular flexibility index (Phi) is 3.84. The van der Waals surface area contributed by atoms with Crippen LogP contribution in [-0.2, 0) is 13.0 Å². The summed E-state index contributed by atoms with van der Waals surface area (Å²) in [6, 6.07) is 7.23. The molecule has 0 saturated carbocycles. The van der Waals surface area contributed by atoms with Crippen molar-refractivity contribution in [2.75, 3.05) is 7.11 Å². The number of aryl methyl sites for hydroxylation is 1. The number of hydrogen-bond acceptors (Lipinski definition) is 5. The first-order valence-corrected chi connectivity index (χ1v) is 9.03. The lowest BCUT2D eigenvalue weighted by Gasteiger charge is -2.05. The summed E-state index contributed by atoms with van der Waals surface area (Å²) >= 11 is 1.58. The number of allylic oxidation sites excluding steroid dienone is 1. The monoisotopic (exact) mass is 354 g/mol. The second-order valence-electron chi connectivity index (χ2n) is 6.03. The van der Waals surface area contributed by atoms with Gasteiger partial charge in [0.1, 0.15) is 10.7 Å². The van der Waals surface area contributed by atoms with E-state index in [2.05, 4.69) is 6.92 Å². The second-order valence-corrected chi connectivity index (χ2v) is 7.14. The molecule has 0 spiro atoms. The maximum atomic E-state index is 12.7. The molecule has 0 unspecified atom stereocenters. The highest BCUT2D eigenvalue weighted by Gasteiger charge is 2.22. The fraction of sp³-hybridized carbons (Fsp3) is 0.263. The SMILES string of the molecule is CCc1cc2c(=O)n3c(nc2s1)C(=Cc1ccc(OC)c(O)c1)CC3. The molecule has 1 N–H and O–H groups in total. The molecule has 0 saturated heterocycles. The number of methoxy groups -OCH3 is 1. The van der Waals surface area contributed by atoms with Gasteiger partial charge in [-0.25, -0.2) is 4.98 Å². The molecule has 0 atom stereocenters. The lowest BCUT2D eigenvalue weighted by atomic mass is 10.1. The second kappa shape index (κ2) is 6.04. The van der Waals surface area contributed by atoms with Gasteiger partial charge in [-0.15, -0.1) is 11.3 Å². The fourth-order valence-electron chi connectivity index (χ4n) is 3.17. The van der Waals surface area contributed by atoms with Gasteiger partial charge in [-0.05, 0) is 48.3 Å². The third-order valence-corrected chi connectivity index (χ3v) is 5.66. The van der Waals surface area contributed by atoms with Crippen molar-refractivity contribution in [2.24, 2.45) is 0 Å². The van der Waals surface area contributed by atoms with Crippen LogP contribution in [0.1, 0.15) is 29.6 Å². The van der Waals surface area contributed by atoms with E-state index in [0.29, 0.717) is 17.7 Å².